The van der Waals surface area contributed by atoms with Gasteiger partial charge in [-0.15, -0.1) is 23.1 Å². The maximum atomic E-state index is 12.6. The van der Waals surface area contributed by atoms with E-state index in [1.807, 2.05) is 34.5 Å². The molecule has 0 unspecified atom stereocenters. The lowest BCUT2D eigenvalue weighted by atomic mass is 10.2. The Kier molecular flexibility index (Phi) is 3.72. The van der Waals surface area contributed by atoms with Gasteiger partial charge in [0.15, 0.2) is 0 Å². The molecule has 0 bridgehead atoms. The molecule has 6 heteroatoms. The molecule has 3 rings (SSSR count). The lowest BCUT2D eigenvalue weighted by molar-refractivity contribution is 0.0988. The minimum absolute atomic E-state index is 0.0614. The Bertz CT molecular complexity index is 641. The number of thioether (sulfide) groups is 1. The molecule has 2 heterocycles. The smallest absolute Gasteiger partial charge is 0.259 e. The van der Waals surface area contributed by atoms with E-state index in [9.17, 15) is 4.79 Å². The largest absolute Gasteiger partial charge is 0.399 e. The molecule has 0 saturated heterocycles. The number of halogens is 1. The first-order chi connectivity index (χ1) is 9.15. The molecule has 2 aromatic rings. The van der Waals surface area contributed by atoms with E-state index in [1.165, 1.54) is 0 Å². The number of carbonyl (C=O) groups is 1. The number of carbonyl (C=O) groups excluding carboxylic acids is 1. The Morgan fingerprint density at radius 3 is 2.95 bits per heavy atom. The molecule has 19 heavy (non-hydrogen) atoms. The predicted octanol–water partition coefficient (Wildman–Crippen LogP) is 3.69. The average Bonchev–Trinajstić information content (AvgIpc) is 2.84. The predicted molar refractivity (Wildman–Crippen MR) is 90.3 cm³/mol. The second-order valence-electron chi connectivity index (χ2n) is 4.17. The molecular formula is C13H11IN2OS2. The molecular weight excluding hydrogens is 391 g/mol. The minimum Gasteiger partial charge on any atom is -0.399 e. The summed E-state index contributed by atoms with van der Waals surface area (Å²) in [6, 6.07) is 7.69. The van der Waals surface area contributed by atoms with Crippen LogP contribution in [0.3, 0.4) is 0 Å². The van der Waals surface area contributed by atoms with E-state index in [4.69, 9.17) is 5.73 Å². The number of nitrogens with two attached hydrogens (primary N) is 1. The SMILES string of the molecule is Nc1ccc2c(c1)N(C(=O)c1csc(I)c1)CCS2. The normalized spacial score (nSPS) is 14.3. The van der Waals surface area contributed by atoms with E-state index in [2.05, 4.69) is 22.6 Å². The fourth-order valence-corrected chi connectivity index (χ4v) is 4.32. The maximum absolute atomic E-state index is 12.6. The van der Waals surface area contributed by atoms with Crippen LogP contribution in [0.15, 0.2) is 34.5 Å². The van der Waals surface area contributed by atoms with Crippen LogP contribution in [0.4, 0.5) is 11.4 Å². The highest BCUT2D eigenvalue weighted by Crippen LogP contribution is 2.37. The Morgan fingerprint density at radius 1 is 1.37 bits per heavy atom. The number of amides is 1. The minimum atomic E-state index is 0.0614. The molecule has 98 valence electrons. The van der Waals surface area contributed by atoms with E-state index in [-0.39, 0.29) is 5.91 Å². The first kappa shape index (κ1) is 13.3. The number of anilines is 2. The average molecular weight is 402 g/mol. The first-order valence-electron chi connectivity index (χ1n) is 5.73. The Balaban J connectivity index is 1.99. The summed E-state index contributed by atoms with van der Waals surface area (Å²) in [7, 11) is 0. The summed E-state index contributed by atoms with van der Waals surface area (Å²) in [6.07, 6.45) is 0. The highest BCUT2D eigenvalue weighted by molar-refractivity contribution is 14.1. The third-order valence-electron chi connectivity index (χ3n) is 2.91. The molecule has 3 nitrogen and oxygen atoms in total. The molecule has 0 spiro atoms. The van der Waals surface area contributed by atoms with Gasteiger partial charge in [0, 0.05) is 28.3 Å². The molecule has 0 fully saturated rings. The third-order valence-corrected chi connectivity index (χ3v) is 5.74. The number of thiophene rings is 1. The fraction of sp³-hybridized carbons (Fsp3) is 0.154. The van der Waals surface area contributed by atoms with Crippen molar-refractivity contribution in [2.24, 2.45) is 0 Å². The fourth-order valence-electron chi connectivity index (χ4n) is 2.02. The van der Waals surface area contributed by atoms with Crippen molar-refractivity contribution in [1.82, 2.24) is 0 Å². The van der Waals surface area contributed by atoms with Gasteiger partial charge in [-0.2, -0.15) is 0 Å². The van der Waals surface area contributed by atoms with Gasteiger partial charge in [0.2, 0.25) is 0 Å². The highest BCUT2D eigenvalue weighted by Gasteiger charge is 2.24. The molecule has 1 amide bonds. The van der Waals surface area contributed by atoms with Crippen molar-refractivity contribution < 1.29 is 4.79 Å². The van der Waals surface area contributed by atoms with Crippen LogP contribution in [0.1, 0.15) is 10.4 Å². The van der Waals surface area contributed by atoms with Gasteiger partial charge in [-0.05, 0) is 46.9 Å². The van der Waals surface area contributed by atoms with Crippen molar-refractivity contribution in [1.29, 1.82) is 0 Å². The van der Waals surface area contributed by atoms with E-state index in [0.717, 1.165) is 31.3 Å². The van der Waals surface area contributed by atoms with Gasteiger partial charge < -0.3 is 10.6 Å². The molecule has 0 aliphatic carbocycles. The summed E-state index contributed by atoms with van der Waals surface area (Å²) in [5, 5.41) is 1.91. The highest BCUT2D eigenvalue weighted by atomic mass is 127. The van der Waals surface area contributed by atoms with Gasteiger partial charge >= 0.3 is 0 Å². The van der Waals surface area contributed by atoms with Crippen LogP contribution in [0.2, 0.25) is 0 Å². The van der Waals surface area contributed by atoms with E-state index < -0.39 is 0 Å². The molecule has 1 aromatic heterocycles. The van der Waals surface area contributed by atoms with Crippen molar-refractivity contribution in [3.8, 4) is 0 Å². The van der Waals surface area contributed by atoms with Crippen LogP contribution in [-0.4, -0.2) is 18.2 Å². The maximum Gasteiger partial charge on any atom is 0.259 e. The quantitative estimate of drug-likeness (QED) is 0.585. The van der Waals surface area contributed by atoms with Crippen LogP contribution in [0.5, 0.6) is 0 Å². The second kappa shape index (κ2) is 5.34. The van der Waals surface area contributed by atoms with E-state index >= 15 is 0 Å². The summed E-state index contributed by atoms with van der Waals surface area (Å²) < 4.78 is 1.13. The summed E-state index contributed by atoms with van der Waals surface area (Å²) in [5.74, 6) is 0.982. The third kappa shape index (κ3) is 2.61. The van der Waals surface area contributed by atoms with Crippen molar-refractivity contribution in [2.75, 3.05) is 22.9 Å². The summed E-state index contributed by atoms with van der Waals surface area (Å²) in [5.41, 5.74) is 8.23. The van der Waals surface area contributed by atoms with Crippen molar-refractivity contribution in [3.63, 3.8) is 0 Å². The van der Waals surface area contributed by atoms with E-state index in [1.54, 1.807) is 23.1 Å². The number of nitrogens with zero attached hydrogens (tertiary/aromatic N) is 1. The van der Waals surface area contributed by atoms with Crippen LogP contribution < -0.4 is 10.6 Å². The Hall–Kier alpha value is -0.730. The van der Waals surface area contributed by atoms with Gasteiger partial charge in [0.05, 0.1) is 14.1 Å². The summed E-state index contributed by atoms with van der Waals surface area (Å²) in [4.78, 5) is 15.5. The first-order valence-corrected chi connectivity index (χ1v) is 8.68. The zero-order chi connectivity index (χ0) is 13.4. The monoisotopic (exact) mass is 402 g/mol. The number of hydrogen-bond acceptors (Lipinski definition) is 4. The lowest BCUT2D eigenvalue weighted by Crippen LogP contribution is -2.35. The van der Waals surface area contributed by atoms with Crippen LogP contribution in [0.25, 0.3) is 0 Å². The van der Waals surface area contributed by atoms with Crippen LogP contribution >= 0.6 is 45.7 Å². The van der Waals surface area contributed by atoms with Crippen LogP contribution in [-0.2, 0) is 0 Å². The second-order valence-corrected chi connectivity index (χ2v) is 8.11. The molecule has 1 aromatic carbocycles. The summed E-state index contributed by atoms with van der Waals surface area (Å²) in [6.45, 7) is 0.729. The van der Waals surface area contributed by atoms with Gasteiger partial charge in [-0.3, -0.25) is 4.79 Å². The molecule has 0 atom stereocenters. The zero-order valence-corrected chi connectivity index (χ0v) is 13.7. The summed E-state index contributed by atoms with van der Waals surface area (Å²) >= 11 is 5.59. The molecule has 0 saturated carbocycles. The number of rotatable bonds is 1. The Morgan fingerprint density at radius 2 is 2.21 bits per heavy atom. The standard InChI is InChI=1S/C13H11IN2OS2/c14-12-5-8(7-19-12)13(17)16-3-4-18-11-2-1-9(15)6-10(11)16/h1-2,5-7H,3-4,15H2. The van der Waals surface area contributed by atoms with Crippen molar-refractivity contribution >= 4 is 63.0 Å². The van der Waals surface area contributed by atoms with Crippen LogP contribution in [0, 0.1) is 2.88 Å². The van der Waals surface area contributed by atoms with Crippen molar-refractivity contribution in [2.45, 2.75) is 4.90 Å². The molecule has 1 aliphatic heterocycles. The van der Waals surface area contributed by atoms with Gasteiger partial charge in [0.25, 0.3) is 5.91 Å². The number of hydrogen-bond donors (Lipinski definition) is 1. The number of benzene rings is 1. The Labute approximate surface area is 133 Å². The number of nitrogen functional groups attached to an aromatic ring is 1. The number of fused-ring (bicyclic) bond motifs is 1. The molecule has 0 radical (unpaired) electrons. The van der Waals surface area contributed by atoms with E-state index in [0.29, 0.717) is 5.69 Å². The van der Waals surface area contributed by atoms with Gasteiger partial charge in [-0.25, -0.2) is 0 Å². The topological polar surface area (TPSA) is 46.3 Å². The lowest BCUT2D eigenvalue weighted by Gasteiger charge is -2.29. The van der Waals surface area contributed by atoms with Crippen molar-refractivity contribution in [3.05, 3.63) is 38.1 Å². The molecule has 2 N–H and O–H groups in total. The van der Waals surface area contributed by atoms with Gasteiger partial charge in [-0.1, -0.05) is 0 Å². The molecule has 1 aliphatic rings. The van der Waals surface area contributed by atoms with Gasteiger partial charge in [0.1, 0.15) is 0 Å². The zero-order valence-electron chi connectivity index (χ0n) is 9.93.